The van der Waals surface area contributed by atoms with Crippen molar-refractivity contribution < 1.29 is 19.7 Å². The van der Waals surface area contributed by atoms with E-state index in [-0.39, 0.29) is 18.4 Å². The van der Waals surface area contributed by atoms with E-state index >= 15 is 0 Å². The van der Waals surface area contributed by atoms with Crippen LogP contribution in [0.3, 0.4) is 0 Å². The summed E-state index contributed by atoms with van der Waals surface area (Å²) in [6, 6.07) is 0. The molecule has 26 heavy (non-hydrogen) atoms. The maximum atomic E-state index is 11.1. The van der Waals surface area contributed by atoms with Crippen molar-refractivity contribution in [2.24, 2.45) is 11.8 Å². The van der Waals surface area contributed by atoms with Crippen LogP contribution in [0, 0.1) is 11.8 Å². The summed E-state index contributed by atoms with van der Waals surface area (Å²) in [6.45, 7) is 11.0. The first-order valence-electron chi connectivity index (χ1n) is 10.7. The molecule has 0 radical (unpaired) electrons. The highest BCUT2D eigenvalue weighted by Crippen LogP contribution is 2.39. The van der Waals surface area contributed by atoms with E-state index in [1.165, 1.54) is 31.3 Å². The number of carboxylic acids is 1. The van der Waals surface area contributed by atoms with Crippen LogP contribution in [0.25, 0.3) is 0 Å². The molecular weight excluding hydrogens is 328 g/mol. The summed E-state index contributed by atoms with van der Waals surface area (Å²) in [5.74, 6) is 0.130. The van der Waals surface area contributed by atoms with Crippen molar-refractivity contribution in [3.63, 3.8) is 0 Å². The molecule has 0 saturated carbocycles. The van der Waals surface area contributed by atoms with Gasteiger partial charge in [-0.3, -0.25) is 4.79 Å². The van der Waals surface area contributed by atoms with Crippen LogP contribution in [0.1, 0.15) is 98.8 Å². The summed E-state index contributed by atoms with van der Waals surface area (Å²) in [4.78, 5) is 22.5. The maximum absolute atomic E-state index is 11.1. The minimum atomic E-state index is -0.826. The normalized spacial score (nSPS) is 28.1. The number of hydrogen-bond acceptors (Lipinski definition) is 3. The first kappa shape index (κ1) is 23.2. The SMILES string of the molecule is CCCCC(CC)C/C(=C/[C@]1(CC)C[C@@H](CC)[C@H](CC(=O)O)OO1)CC. The number of hydrogen-bond donors (Lipinski definition) is 1. The zero-order valence-corrected chi connectivity index (χ0v) is 17.6. The van der Waals surface area contributed by atoms with Gasteiger partial charge >= 0.3 is 5.97 Å². The molecule has 0 aromatic carbocycles. The van der Waals surface area contributed by atoms with E-state index in [0.29, 0.717) is 0 Å². The highest BCUT2D eigenvalue weighted by Gasteiger charge is 2.41. The third kappa shape index (κ3) is 7.03. The number of carboxylic acid groups (broad SMARTS) is 1. The van der Waals surface area contributed by atoms with Gasteiger partial charge in [0.05, 0.1) is 6.42 Å². The van der Waals surface area contributed by atoms with Crippen LogP contribution in [-0.4, -0.2) is 22.8 Å². The van der Waals surface area contributed by atoms with Crippen molar-refractivity contribution >= 4 is 5.97 Å². The molecule has 0 bridgehead atoms. The molecule has 1 saturated heterocycles. The molecule has 0 aliphatic carbocycles. The quantitative estimate of drug-likeness (QED) is 0.324. The van der Waals surface area contributed by atoms with Crippen LogP contribution in [0.15, 0.2) is 11.6 Å². The fraction of sp³-hybridized carbons (Fsp3) is 0.864. The smallest absolute Gasteiger partial charge is 0.306 e. The summed E-state index contributed by atoms with van der Waals surface area (Å²) in [5, 5.41) is 9.10. The number of allylic oxidation sites excluding steroid dienone is 1. The van der Waals surface area contributed by atoms with Crippen molar-refractivity contribution in [1.82, 2.24) is 0 Å². The van der Waals surface area contributed by atoms with Gasteiger partial charge in [0.15, 0.2) is 0 Å². The van der Waals surface area contributed by atoms with E-state index in [1.54, 1.807) is 0 Å². The van der Waals surface area contributed by atoms with E-state index in [9.17, 15) is 4.79 Å². The minimum Gasteiger partial charge on any atom is -0.481 e. The van der Waals surface area contributed by atoms with Crippen molar-refractivity contribution in [3.8, 4) is 0 Å². The third-order valence-corrected chi connectivity index (χ3v) is 5.99. The van der Waals surface area contributed by atoms with Gasteiger partial charge in [0.25, 0.3) is 0 Å². The summed E-state index contributed by atoms with van der Waals surface area (Å²) in [6.07, 6.45) is 11.8. The van der Waals surface area contributed by atoms with E-state index in [2.05, 4.69) is 40.7 Å². The first-order valence-corrected chi connectivity index (χ1v) is 10.7. The summed E-state index contributed by atoms with van der Waals surface area (Å²) in [5.41, 5.74) is 1.04. The maximum Gasteiger partial charge on any atom is 0.306 e. The van der Waals surface area contributed by atoms with E-state index < -0.39 is 11.6 Å². The molecule has 1 aliphatic heterocycles. The molecule has 152 valence electrons. The predicted molar refractivity (Wildman–Crippen MR) is 106 cm³/mol. The molecule has 1 rings (SSSR count). The van der Waals surface area contributed by atoms with E-state index in [4.69, 9.17) is 14.9 Å². The Morgan fingerprint density at radius 2 is 2.00 bits per heavy atom. The number of unbranched alkanes of at least 4 members (excludes halogenated alkanes) is 1. The average Bonchev–Trinajstić information content (AvgIpc) is 2.65. The van der Waals surface area contributed by atoms with Gasteiger partial charge in [-0.25, -0.2) is 9.78 Å². The lowest BCUT2D eigenvalue weighted by Crippen LogP contribution is -2.44. The molecule has 4 heteroatoms. The molecule has 1 N–H and O–H groups in total. The summed E-state index contributed by atoms with van der Waals surface area (Å²) >= 11 is 0. The minimum absolute atomic E-state index is 0.0115. The fourth-order valence-electron chi connectivity index (χ4n) is 4.01. The highest BCUT2D eigenvalue weighted by molar-refractivity contribution is 5.67. The Balaban J connectivity index is 2.89. The lowest BCUT2D eigenvalue weighted by Gasteiger charge is -2.41. The fourth-order valence-corrected chi connectivity index (χ4v) is 4.01. The van der Waals surface area contributed by atoms with Gasteiger partial charge in [-0.2, -0.15) is 0 Å². The Bertz CT molecular complexity index is 445. The molecule has 0 aromatic rings. The topological polar surface area (TPSA) is 55.8 Å². The lowest BCUT2D eigenvalue weighted by atomic mass is 9.79. The van der Waals surface area contributed by atoms with Gasteiger partial charge in [0.1, 0.15) is 11.7 Å². The van der Waals surface area contributed by atoms with Crippen molar-refractivity contribution in [2.75, 3.05) is 0 Å². The van der Waals surface area contributed by atoms with E-state index in [0.717, 1.165) is 38.0 Å². The van der Waals surface area contributed by atoms with Crippen molar-refractivity contribution in [1.29, 1.82) is 0 Å². The highest BCUT2D eigenvalue weighted by atomic mass is 17.2. The Morgan fingerprint density at radius 3 is 2.50 bits per heavy atom. The molecule has 4 atom stereocenters. The number of rotatable bonds is 12. The Hall–Kier alpha value is -0.870. The van der Waals surface area contributed by atoms with Crippen LogP contribution in [-0.2, 0) is 14.6 Å². The first-order chi connectivity index (χ1) is 12.4. The molecule has 1 heterocycles. The van der Waals surface area contributed by atoms with Gasteiger partial charge in [0.2, 0.25) is 0 Å². The molecule has 1 unspecified atom stereocenters. The van der Waals surface area contributed by atoms with Crippen molar-refractivity contribution in [3.05, 3.63) is 11.6 Å². The molecule has 0 aromatic heterocycles. The van der Waals surface area contributed by atoms with Crippen LogP contribution >= 0.6 is 0 Å². The molecular formula is C22H40O4. The second-order valence-electron chi connectivity index (χ2n) is 7.88. The predicted octanol–water partition coefficient (Wildman–Crippen LogP) is 6.30. The van der Waals surface area contributed by atoms with Crippen LogP contribution in [0.5, 0.6) is 0 Å². The number of aliphatic carboxylic acids is 1. The van der Waals surface area contributed by atoms with Crippen LogP contribution in [0.4, 0.5) is 0 Å². The van der Waals surface area contributed by atoms with Gasteiger partial charge in [-0.05, 0) is 37.5 Å². The van der Waals surface area contributed by atoms with Gasteiger partial charge in [-0.1, -0.05) is 78.4 Å². The van der Waals surface area contributed by atoms with E-state index in [1.807, 2.05) is 0 Å². The molecule has 0 spiro atoms. The lowest BCUT2D eigenvalue weighted by molar-refractivity contribution is -0.409. The molecule has 1 fully saturated rings. The second kappa shape index (κ2) is 11.8. The largest absolute Gasteiger partial charge is 0.481 e. The zero-order chi connectivity index (χ0) is 19.6. The average molecular weight is 369 g/mol. The second-order valence-corrected chi connectivity index (χ2v) is 7.88. The number of carbonyl (C=O) groups is 1. The van der Waals surface area contributed by atoms with Gasteiger partial charge in [-0.15, -0.1) is 0 Å². The Morgan fingerprint density at radius 1 is 1.27 bits per heavy atom. The third-order valence-electron chi connectivity index (χ3n) is 5.99. The molecule has 4 nitrogen and oxygen atoms in total. The van der Waals surface area contributed by atoms with Crippen molar-refractivity contribution in [2.45, 2.75) is 111 Å². The van der Waals surface area contributed by atoms with Gasteiger partial charge in [0, 0.05) is 0 Å². The summed E-state index contributed by atoms with van der Waals surface area (Å²) in [7, 11) is 0. The Kier molecular flexibility index (Phi) is 10.5. The summed E-state index contributed by atoms with van der Waals surface area (Å²) < 4.78 is 0. The standard InChI is InChI=1S/C22H40O4/c1-6-11-12-17(7-2)13-18(8-3)15-22(10-5)16-19(9-4)20(25-26-22)14-21(23)24/h15,17,19-20H,6-14,16H2,1-5H3,(H,23,24)/b18-15+/t17?,19-,20+,22-/m1/s1. The Labute approximate surface area is 160 Å². The van der Waals surface area contributed by atoms with Crippen LogP contribution < -0.4 is 0 Å². The molecule has 0 amide bonds. The molecule has 1 aliphatic rings. The zero-order valence-electron chi connectivity index (χ0n) is 17.6. The van der Waals surface area contributed by atoms with Crippen LogP contribution in [0.2, 0.25) is 0 Å². The monoisotopic (exact) mass is 368 g/mol. The van der Waals surface area contributed by atoms with Gasteiger partial charge < -0.3 is 5.11 Å².